The highest BCUT2D eigenvalue weighted by molar-refractivity contribution is 6.09. The molecule has 2 aliphatic rings. The Labute approximate surface area is 202 Å². The number of nitrogens with zero attached hydrogens (tertiary/aromatic N) is 2. The molecule has 2 atom stereocenters. The van der Waals surface area contributed by atoms with E-state index >= 15 is 0 Å². The van der Waals surface area contributed by atoms with Crippen molar-refractivity contribution in [3.05, 3.63) is 47.5 Å². The average molecular weight is 481 g/mol. The quantitative estimate of drug-likeness (QED) is 0.502. The lowest BCUT2D eigenvalue weighted by atomic mass is 10.0. The maximum absolute atomic E-state index is 14.2. The zero-order valence-electron chi connectivity index (χ0n) is 19.8. The molecule has 2 fully saturated rings. The molecule has 8 nitrogen and oxygen atoms in total. The van der Waals surface area contributed by atoms with Crippen molar-refractivity contribution in [1.82, 2.24) is 20.2 Å². The van der Waals surface area contributed by atoms with Crippen molar-refractivity contribution in [2.75, 3.05) is 19.7 Å². The van der Waals surface area contributed by atoms with Gasteiger partial charge in [-0.2, -0.15) is 0 Å². The van der Waals surface area contributed by atoms with Crippen LogP contribution in [0, 0.1) is 18.7 Å². The Bertz CT molecular complexity index is 1290. The molecule has 0 bridgehead atoms. The summed E-state index contributed by atoms with van der Waals surface area (Å²) in [5.74, 6) is 0.297. The fourth-order valence-corrected chi connectivity index (χ4v) is 4.67. The number of nitrogens with one attached hydrogen (secondary N) is 2. The normalized spacial score (nSPS) is 20.2. The van der Waals surface area contributed by atoms with Crippen LogP contribution in [-0.2, 0) is 4.79 Å². The second kappa shape index (κ2) is 9.30. The van der Waals surface area contributed by atoms with Gasteiger partial charge >= 0.3 is 0 Å². The van der Waals surface area contributed by atoms with Crippen molar-refractivity contribution in [3.63, 3.8) is 0 Å². The number of aliphatic hydroxyl groups is 1. The molecule has 3 heterocycles. The first-order valence-corrected chi connectivity index (χ1v) is 12.0. The highest BCUT2D eigenvalue weighted by Gasteiger charge is 2.31. The van der Waals surface area contributed by atoms with Crippen molar-refractivity contribution in [2.24, 2.45) is 5.92 Å². The molecule has 5 rings (SSSR count). The summed E-state index contributed by atoms with van der Waals surface area (Å²) in [5.41, 5.74) is 3.36. The zero-order valence-corrected chi connectivity index (χ0v) is 19.8. The number of aromatic nitrogens is 2. The zero-order chi connectivity index (χ0) is 24.7. The Morgan fingerprint density at radius 1 is 1.26 bits per heavy atom. The number of aliphatic hydroxyl groups excluding tert-OH is 1. The van der Waals surface area contributed by atoms with Gasteiger partial charge in [0.1, 0.15) is 17.1 Å². The lowest BCUT2D eigenvalue weighted by molar-refractivity contribution is -0.132. The van der Waals surface area contributed by atoms with Crippen LogP contribution in [0.1, 0.15) is 42.2 Å². The van der Waals surface area contributed by atoms with Crippen molar-refractivity contribution >= 4 is 22.8 Å². The van der Waals surface area contributed by atoms with E-state index in [9.17, 15) is 19.1 Å². The summed E-state index contributed by atoms with van der Waals surface area (Å²) in [6.45, 7) is 4.49. The van der Waals surface area contributed by atoms with Gasteiger partial charge in [0.25, 0.3) is 5.91 Å². The van der Waals surface area contributed by atoms with E-state index in [0.717, 1.165) is 12.8 Å². The molecule has 2 unspecified atom stereocenters. The molecular formula is C26H29FN4O4. The van der Waals surface area contributed by atoms with Crippen LogP contribution in [0.15, 0.2) is 30.5 Å². The molecule has 0 radical (unpaired) electrons. The summed E-state index contributed by atoms with van der Waals surface area (Å²) >= 11 is 0. The summed E-state index contributed by atoms with van der Waals surface area (Å²) in [6, 6.07) is 5.76. The van der Waals surface area contributed by atoms with Crippen LogP contribution in [0.25, 0.3) is 22.2 Å². The Morgan fingerprint density at radius 2 is 2.06 bits per heavy atom. The number of fused-ring (bicyclic) bond motifs is 1. The Kier molecular flexibility index (Phi) is 6.19. The largest absolute Gasteiger partial charge is 0.493 e. The van der Waals surface area contributed by atoms with Gasteiger partial charge in [-0.3, -0.25) is 14.6 Å². The number of hydrogen-bond donors (Lipinski definition) is 3. The average Bonchev–Trinajstić information content (AvgIpc) is 3.59. The molecule has 2 aromatic heterocycles. The fraction of sp³-hybridized carbons (Fsp3) is 0.423. The first-order valence-electron chi connectivity index (χ1n) is 12.0. The van der Waals surface area contributed by atoms with Gasteiger partial charge in [0.15, 0.2) is 0 Å². The SMILES string of the molecule is CC(=O)N1CCC(NC(=O)c2c(C)[nH]c3c(-c4cc(F)ccc4OCC4CC4)ccnc23)C(O)C1. The molecule has 9 heteroatoms. The Morgan fingerprint density at radius 3 is 2.77 bits per heavy atom. The maximum atomic E-state index is 14.2. The van der Waals surface area contributed by atoms with Gasteiger partial charge < -0.3 is 25.0 Å². The van der Waals surface area contributed by atoms with E-state index in [2.05, 4.69) is 15.3 Å². The van der Waals surface area contributed by atoms with Crippen LogP contribution in [0.2, 0.25) is 0 Å². The molecular weight excluding hydrogens is 451 g/mol. The van der Waals surface area contributed by atoms with Gasteiger partial charge in [0, 0.05) is 43.0 Å². The smallest absolute Gasteiger partial charge is 0.255 e. The number of hydrogen-bond acceptors (Lipinski definition) is 5. The number of carbonyl (C=O) groups excluding carboxylic acids is 2. The number of pyridine rings is 1. The summed E-state index contributed by atoms with van der Waals surface area (Å²) in [5, 5.41) is 13.4. The van der Waals surface area contributed by atoms with Gasteiger partial charge in [-0.05, 0) is 56.4 Å². The predicted octanol–water partition coefficient (Wildman–Crippen LogP) is 3.18. The molecule has 1 aliphatic heterocycles. The number of β-amino-alcohol motifs (C(OH)–C–C–N with tert-alkyl or cyclic N) is 1. The number of aromatic amines is 1. The third-order valence-corrected chi connectivity index (χ3v) is 6.85. The highest BCUT2D eigenvalue weighted by Crippen LogP contribution is 2.38. The Balaban J connectivity index is 1.45. The first-order chi connectivity index (χ1) is 16.8. The van der Waals surface area contributed by atoms with Crippen molar-refractivity contribution in [3.8, 4) is 16.9 Å². The summed E-state index contributed by atoms with van der Waals surface area (Å²) in [6.07, 6.45) is 3.48. The molecule has 184 valence electrons. The number of ether oxygens (including phenoxy) is 1. The minimum atomic E-state index is -0.857. The van der Waals surface area contributed by atoms with Crippen LogP contribution in [-0.4, -0.2) is 63.6 Å². The number of H-pyrrole nitrogens is 1. The second-order valence-electron chi connectivity index (χ2n) is 9.50. The van der Waals surface area contributed by atoms with Gasteiger partial charge in [-0.25, -0.2) is 4.39 Å². The third-order valence-electron chi connectivity index (χ3n) is 6.85. The van der Waals surface area contributed by atoms with Crippen LogP contribution in [0.4, 0.5) is 4.39 Å². The van der Waals surface area contributed by atoms with Gasteiger partial charge in [0.2, 0.25) is 5.91 Å². The standard InChI is InChI=1S/C26H29FN4O4/c1-14-23(26(34)30-20-8-10-31(15(2)32)12-21(20)33)25-24(29-14)18(7-9-28-25)19-11-17(27)5-6-22(19)35-13-16-3-4-16/h5-7,9,11,16,20-21,29,33H,3-4,8,10,12-13H2,1-2H3,(H,30,34). The number of benzene rings is 1. The minimum Gasteiger partial charge on any atom is -0.493 e. The molecule has 2 amide bonds. The van der Waals surface area contributed by atoms with Crippen LogP contribution >= 0.6 is 0 Å². The topological polar surface area (TPSA) is 108 Å². The van der Waals surface area contributed by atoms with E-state index in [-0.39, 0.29) is 24.2 Å². The van der Waals surface area contributed by atoms with Crippen molar-refractivity contribution in [1.29, 1.82) is 0 Å². The molecule has 0 spiro atoms. The number of likely N-dealkylation sites (tertiary alicyclic amines) is 1. The first kappa shape index (κ1) is 23.3. The van der Waals surface area contributed by atoms with E-state index in [1.165, 1.54) is 19.1 Å². The monoisotopic (exact) mass is 480 g/mol. The van der Waals surface area contributed by atoms with E-state index in [1.807, 2.05) is 0 Å². The lowest BCUT2D eigenvalue weighted by Gasteiger charge is -2.35. The summed E-state index contributed by atoms with van der Waals surface area (Å²) < 4.78 is 20.2. The van der Waals surface area contributed by atoms with Crippen LogP contribution in [0.3, 0.4) is 0 Å². The minimum absolute atomic E-state index is 0.101. The fourth-order valence-electron chi connectivity index (χ4n) is 4.67. The third kappa shape index (κ3) is 4.73. The van der Waals surface area contributed by atoms with Gasteiger partial charge in [0.05, 0.1) is 29.8 Å². The van der Waals surface area contributed by atoms with E-state index in [1.54, 1.807) is 30.2 Å². The second-order valence-corrected chi connectivity index (χ2v) is 9.50. The predicted molar refractivity (Wildman–Crippen MR) is 129 cm³/mol. The summed E-state index contributed by atoms with van der Waals surface area (Å²) in [4.78, 5) is 34.2. The summed E-state index contributed by atoms with van der Waals surface area (Å²) in [7, 11) is 0. The van der Waals surface area contributed by atoms with Gasteiger partial charge in [-0.15, -0.1) is 0 Å². The number of carbonyl (C=O) groups is 2. The molecule has 1 saturated heterocycles. The van der Waals surface area contributed by atoms with Gasteiger partial charge in [-0.1, -0.05) is 0 Å². The van der Waals surface area contributed by atoms with Crippen molar-refractivity contribution < 1.29 is 23.8 Å². The van der Waals surface area contributed by atoms with E-state index < -0.39 is 12.1 Å². The maximum Gasteiger partial charge on any atom is 0.255 e. The van der Waals surface area contributed by atoms with E-state index in [0.29, 0.717) is 64.7 Å². The number of piperidine rings is 1. The molecule has 3 N–H and O–H groups in total. The molecule has 1 aliphatic carbocycles. The lowest BCUT2D eigenvalue weighted by Crippen LogP contribution is -2.55. The number of rotatable bonds is 6. The molecule has 1 saturated carbocycles. The van der Waals surface area contributed by atoms with Crippen molar-refractivity contribution in [2.45, 2.75) is 45.3 Å². The molecule has 1 aromatic carbocycles. The molecule has 35 heavy (non-hydrogen) atoms. The highest BCUT2D eigenvalue weighted by atomic mass is 19.1. The van der Waals surface area contributed by atoms with Crippen LogP contribution < -0.4 is 10.1 Å². The molecule has 3 aromatic rings. The number of halogens is 1. The number of amides is 2. The Hall–Kier alpha value is -3.46. The number of aryl methyl sites for hydroxylation is 1. The van der Waals surface area contributed by atoms with Crippen LogP contribution in [0.5, 0.6) is 5.75 Å². The van der Waals surface area contributed by atoms with E-state index in [4.69, 9.17) is 4.74 Å².